The van der Waals surface area contributed by atoms with Gasteiger partial charge in [-0.2, -0.15) is 0 Å². The summed E-state index contributed by atoms with van der Waals surface area (Å²) in [6.07, 6.45) is 1.02. The molecule has 1 aliphatic heterocycles. The number of rotatable bonds is 8. The second kappa shape index (κ2) is 10.8. The van der Waals surface area contributed by atoms with Gasteiger partial charge in [0.2, 0.25) is 5.91 Å². The third kappa shape index (κ3) is 6.59. The van der Waals surface area contributed by atoms with Crippen LogP contribution in [0.1, 0.15) is 18.9 Å². The lowest BCUT2D eigenvalue weighted by molar-refractivity contribution is -0.130. The molecule has 0 radical (unpaired) electrons. The van der Waals surface area contributed by atoms with E-state index < -0.39 is 0 Å². The van der Waals surface area contributed by atoms with Gasteiger partial charge in [-0.1, -0.05) is 60.6 Å². The average molecular weight is 434 g/mol. The summed E-state index contributed by atoms with van der Waals surface area (Å²) < 4.78 is 0. The van der Waals surface area contributed by atoms with E-state index in [0.717, 1.165) is 51.5 Å². The van der Waals surface area contributed by atoms with Crippen LogP contribution in [0.15, 0.2) is 41.6 Å². The number of carbonyl (C=O) groups is 1. The van der Waals surface area contributed by atoms with Crippen LogP contribution < -0.4 is 4.90 Å². The van der Waals surface area contributed by atoms with E-state index in [1.165, 1.54) is 17.3 Å². The van der Waals surface area contributed by atoms with Gasteiger partial charge in [0.1, 0.15) is 11.0 Å². The first-order valence-corrected chi connectivity index (χ1v) is 11.3. The van der Waals surface area contributed by atoms with Crippen molar-refractivity contribution >= 4 is 35.1 Å². The van der Waals surface area contributed by atoms with Gasteiger partial charge >= 0.3 is 0 Å². The highest BCUT2D eigenvalue weighted by Gasteiger charge is 2.21. The van der Waals surface area contributed by atoms with Crippen LogP contribution in [0.25, 0.3) is 0 Å². The number of aromatic nitrogens is 2. The standard InChI is InChI=1S/C21H28ClN5OS/c1-3-9-25(2)19-14-18(22)23-21(24-19)29-16-20(28)27-12-10-26(11-13-27)15-17-7-5-4-6-8-17/h4-8,14H,3,9-13,15-16H2,1-2H3. The van der Waals surface area contributed by atoms with E-state index in [-0.39, 0.29) is 5.91 Å². The Bertz CT molecular complexity index is 799. The number of benzene rings is 1. The van der Waals surface area contributed by atoms with Gasteiger partial charge in [-0.25, -0.2) is 9.97 Å². The van der Waals surface area contributed by atoms with E-state index >= 15 is 0 Å². The maximum Gasteiger partial charge on any atom is 0.233 e. The van der Waals surface area contributed by atoms with Crippen LogP contribution >= 0.6 is 23.4 Å². The number of carbonyl (C=O) groups excluding carboxylic acids is 1. The Morgan fingerprint density at radius 1 is 1.17 bits per heavy atom. The van der Waals surface area contributed by atoms with Crippen molar-refractivity contribution in [1.29, 1.82) is 0 Å². The van der Waals surface area contributed by atoms with Crippen molar-refractivity contribution < 1.29 is 4.79 Å². The van der Waals surface area contributed by atoms with Crippen LogP contribution in [0.5, 0.6) is 0 Å². The number of piperazine rings is 1. The normalized spacial score (nSPS) is 14.8. The molecular weight excluding hydrogens is 406 g/mol. The summed E-state index contributed by atoms with van der Waals surface area (Å²) in [5.41, 5.74) is 1.31. The first kappa shape index (κ1) is 21.9. The Morgan fingerprint density at radius 2 is 1.90 bits per heavy atom. The monoisotopic (exact) mass is 433 g/mol. The van der Waals surface area contributed by atoms with Crippen LogP contribution in [0.2, 0.25) is 5.15 Å². The lowest BCUT2D eigenvalue weighted by atomic mass is 10.2. The van der Waals surface area contributed by atoms with Crippen LogP contribution in [0.4, 0.5) is 5.82 Å². The van der Waals surface area contributed by atoms with Crippen LogP contribution in [-0.4, -0.2) is 71.2 Å². The minimum absolute atomic E-state index is 0.126. The van der Waals surface area contributed by atoms with Gasteiger partial charge in [0.05, 0.1) is 5.75 Å². The molecule has 8 heteroatoms. The van der Waals surface area contributed by atoms with Crippen molar-refractivity contribution in [2.45, 2.75) is 25.0 Å². The highest BCUT2D eigenvalue weighted by Crippen LogP contribution is 2.22. The molecule has 0 spiro atoms. The Balaban J connectivity index is 1.48. The lowest BCUT2D eigenvalue weighted by Crippen LogP contribution is -2.48. The quantitative estimate of drug-likeness (QED) is 0.361. The number of thioether (sulfide) groups is 1. The van der Waals surface area contributed by atoms with Gasteiger partial charge in [-0.3, -0.25) is 9.69 Å². The summed E-state index contributed by atoms with van der Waals surface area (Å²) in [6.45, 7) is 7.25. The highest BCUT2D eigenvalue weighted by atomic mass is 35.5. The first-order valence-electron chi connectivity index (χ1n) is 9.97. The molecule has 1 aromatic carbocycles. The molecule has 1 saturated heterocycles. The van der Waals surface area contributed by atoms with Crippen molar-refractivity contribution in [2.75, 3.05) is 50.4 Å². The first-order chi connectivity index (χ1) is 14.0. The zero-order chi connectivity index (χ0) is 20.6. The predicted octanol–water partition coefficient (Wildman–Crippen LogP) is 3.41. The lowest BCUT2D eigenvalue weighted by Gasteiger charge is -2.34. The van der Waals surface area contributed by atoms with E-state index in [1.807, 2.05) is 22.9 Å². The zero-order valence-electron chi connectivity index (χ0n) is 17.1. The molecule has 6 nitrogen and oxygen atoms in total. The molecule has 2 heterocycles. The van der Waals surface area contributed by atoms with Crippen molar-refractivity contribution in [1.82, 2.24) is 19.8 Å². The van der Waals surface area contributed by atoms with Gasteiger partial charge in [-0.15, -0.1) is 0 Å². The third-order valence-corrected chi connectivity index (χ3v) is 5.94. The summed E-state index contributed by atoms with van der Waals surface area (Å²) in [7, 11) is 1.98. The minimum Gasteiger partial charge on any atom is -0.360 e. The number of hydrogen-bond donors (Lipinski definition) is 0. The number of hydrogen-bond acceptors (Lipinski definition) is 6. The molecule has 0 saturated carbocycles. The maximum atomic E-state index is 12.6. The molecule has 156 valence electrons. The summed E-state index contributed by atoms with van der Waals surface area (Å²) in [6, 6.07) is 12.2. The molecule has 1 aliphatic rings. The molecule has 0 aliphatic carbocycles. The Morgan fingerprint density at radius 3 is 2.59 bits per heavy atom. The molecule has 1 amide bonds. The molecule has 0 unspecified atom stereocenters. The third-order valence-electron chi connectivity index (χ3n) is 4.91. The number of anilines is 1. The van der Waals surface area contributed by atoms with Gasteiger partial charge in [0.25, 0.3) is 0 Å². The highest BCUT2D eigenvalue weighted by molar-refractivity contribution is 7.99. The van der Waals surface area contributed by atoms with Crippen LogP contribution in [-0.2, 0) is 11.3 Å². The second-order valence-electron chi connectivity index (χ2n) is 7.18. The molecule has 0 bridgehead atoms. The van der Waals surface area contributed by atoms with Crippen molar-refractivity contribution in [3.63, 3.8) is 0 Å². The zero-order valence-corrected chi connectivity index (χ0v) is 18.6. The smallest absolute Gasteiger partial charge is 0.233 e. The minimum atomic E-state index is 0.126. The average Bonchev–Trinajstić information content (AvgIpc) is 2.73. The fraction of sp³-hybridized carbons (Fsp3) is 0.476. The Hall–Kier alpha value is -1.83. The van der Waals surface area contributed by atoms with Crippen molar-refractivity contribution in [3.05, 3.63) is 47.1 Å². The van der Waals surface area contributed by atoms with E-state index in [0.29, 0.717) is 16.1 Å². The fourth-order valence-corrected chi connectivity index (χ4v) is 4.29. The van der Waals surface area contributed by atoms with E-state index in [9.17, 15) is 4.79 Å². The largest absolute Gasteiger partial charge is 0.360 e. The Kier molecular flexibility index (Phi) is 8.15. The molecule has 1 aromatic heterocycles. The topological polar surface area (TPSA) is 52.6 Å². The molecule has 2 aromatic rings. The molecule has 0 N–H and O–H groups in total. The fourth-order valence-electron chi connectivity index (χ4n) is 3.31. The van der Waals surface area contributed by atoms with Crippen LogP contribution in [0, 0.1) is 0 Å². The summed E-state index contributed by atoms with van der Waals surface area (Å²) in [5, 5.41) is 0.953. The molecule has 0 atom stereocenters. The summed E-state index contributed by atoms with van der Waals surface area (Å²) in [4.78, 5) is 27.8. The van der Waals surface area contributed by atoms with Gasteiger partial charge < -0.3 is 9.80 Å². The van der Waals surface area contributed by atoms with E-state index in [4.69, 9.17) is 11.6 Å². The number of halogens is 1. The molecule has 29 heavy (non-hydrogen) atoms. The van der Waals surface area contributed by atoms with Gasteiger partial charge in [0.15, 0.2) is 5.16 Å². The summed E-state index contributed by atoms with van der Waals surface area (Å²) in [5.74, 6) is 1.24. The summed E-state index contributed by atoms with van der Waals surface area (Å²) >= 11 is 7.50. The van der Waals surface area contributed by atoms with Crippen molar-refractivity contribution in [3.8, 4) is 0 Å². The van der Waals surface area contributed by atoms with Gasteiger partial charge in [0, 0.05) is 52.4 Å². The maximum absolute atomic E-state index is 12.6. The van der Waals surface area contributed by atoms with Crippen LogP contribution in [0.3, 0.4) is 0 Å². The number of nitrogens with zero attached hydrogens (tertiary/aromatic N) is 5. The van der Waals surface area contributed by atoms with E-state index in [2.05, 4.69) is 46.1 Å². The molecule has 1 fully saturated rings. The number of amides is 1. The van der Waals surface area contributed by atoms with Gasteiger partial charge in [-0.05, 0) is 12.0 Å². The van der Waals surface area contributed by atoms with Crippen molar-refractivity contribution in [2.24, 2.45) is 0 Å². The molecular formula is C21H28ClN5OS. The second-order valence-corrected chi connectivity index (χ2v) is 8.51. The predicted molar refractivity (Wildman–Crippen MR) is 120 cm³/mol. The van der Waals surface area contributed by atoms with E-state index in [1.54, 1.807) is 6.07 Å². The molecule has 3 rings (SSSR count). The Labute approximate surface area is 182 Å². The SMILES string of the molecule is CCCN(C)c1cc(Cl)nc(SCC(=O)N2CCN(Cc3ccccc3)CC2)n1.